The summed E-state index contributed by atoms with van der Waals surface area (Å²) in [5.41, 5.74) is 0. The van der Waals surface area contributed by atoms with Crippen molar-refractivity contribution in [2.75, 3.05) is 13.2 Å². The average Bonchev–Trinajstić information content (AvgIpc) is 2.86. The quantitative estimate of drug-likeness (QED) is 0.747. The maximum absolute atomic E-state index is 11.2. The first-order valence-electron chi connectivity index (χ1n) is 6.38. The van der Waals surface area contributed by atoms with Gasteiger partial charge < -0.3 is 10.1 Å². The molecule has 0 aromatic heterocycles. The number of carbonyl (C=O) groups is 1. The first-order valence-corrected chi connectivity index (χ1v) is 6.38. The molecular weight excluding hydrogens is 202 g/mol. The minimum Gasteiger partial charge on any atom is -0.449 e. The molecule has 0 spiro atoms. The molecule has 0 aliphatic heterocycles. The van der Waals surface area contributed by atoms with Crippen molar-refractivity contribution in [1.82, 2.24) is 5.32 Å². The Morgan fingerprint density at radius 3 is 2.50 bits per heavy atom. The molecule has 2 rings (SSSR count). The molecule has 3 nitrogen and oxygen atoms in total. The van der Waals surface area contributed by atoms with E-state index in [0.29, 0.717) is 19.1 Å². The van der Waals surface area contributed by atoms with E-state index in [9.17, 15) is 4.79 Å². The standard InChI is InChI=1S/C13H21NO2/c1-2-14-13(15)16-9-12-10-7-5-3-4-6-8-11(10)12/h3-4,10-12H,2,5-9H2,1H3,(H,14,15)/b4-3+/t10-,11+,12?. The fraction of sp³-hybridized carbons (Fsp3) is 0.769. The smallest absolute Gasteiger partial charge is 0.407 e. The summed E-state index contributed by atoms with van der Waals surface area (Å²) in [5, 5.41) is 2.66. The van der Waals surface area contributed by atoms with Crippen molar-refractivity contribution >= 4 is 6.09 Å². The van der Waals surface area contributed by atoms with Crippen LogP contribution >= 0.6 is 0 Å². The first kappa shape index (κ1) is 11.5. The Kier molecular flexibility index (Phi) is 3.86. The van der Waals surface area contributed by atoms with Gasteiger partial charge in [0, 0.05) is 6.54 Å². The maximum atomic E-state index is 11.2. The Labute approximate surface area is 97.2 Å². The Bertz CT molecular complexity index is 259. The normalized spacial score (nSPS) is 34.2. The van der Waals surface area contributed by atoms with E-state index in [-0.39, 0.29) is 6.09 Å². The van der Waals surface area contributed by atoms with Crippen LogP contribution in [0.3, 0.4) is 0 Å². The lowest BCUT2D eigenvalue weighted by Gasteiger charge is -2.04. The summed E-state index contributed by atoms with van der Waals surface area (Å²) in [6, 6.07) is 0. The summed E-state index contributed by atoms with van der Waals surface area (Å²) >= 11 is 0. The van der Waals surface area contributed by atoms with Crippen LogP contribution < -0.4 is 5.32 Å². The van der Waals surface area contributed by atoms with Crippen molar-refractivity contribution in [3.05, 3.63) is 12.2 Å². The Balaban J connectivity index is 1.70. The third kappa shape index (κ3) is 2.77. The van der Waals surface area contributed by atoms with E-state index in [2.05, 4.69) is 17.5 Å². The van der Waals surface area contributed by atoms with E-state index in [1.165, 1.54) is 25.7 Å². The highest BCUT2D eigenvalue weighted by Crippen LogP contribution is 2.52. The molecule has 0 radical (unpaired) electrons. The zero-order chi connectivity index (χ0) is 11.4. The lowest BCUT2D eigenvalue weighted by Crippen LogP contribution is -2.24. The molecule has 2 aliphatic carbocycles. The largest absolute Gasteiger partial charge is 0.449 e. The summed E-state index contributed by atoms with van der Waals surface area (Å²) in [6.07, 6.45) is 9.24. The number of ether oxygens (including phenoxy) is 1. The summed E-state index contributed by atoms with van der Waals surface area (Å²) in [5.74, 6) is 2.24. The molecule has 1 saturated carbocycles. The predicted molar refractivity (Wildman–Crippen MR) is 63.1 cm³/mol. The highest BCUT2D eigenvalue weighted by molar-refractivity contribution is 5.66. The second-order valence-electron chi connectivity index (χ2n) is 4.75. The van der Waals surface area contributed by atoms with Crippen LogP contribution in [0.15, 0.2) is 12.2 Å². The van der Waals surface area contributed by atoms with Gasteiger partial charge in [0.05, 0.1) is 6.61 Å². The molecule has 1 unspecified atom stereocenters. The molecule has 0 heterocycles. The van der Waals surface area contributed by atoms with Gasteiger partial charge in [-0.1, -0.05) is 12.2 Å². The fourth-order valence-corrected chi connectivity index (χ4v) is 2.81. The molecule has 16 heavy (non-hydrogen) atoms. The number of hydrogen-bond donors (Lipinski definition) is 1. The van der Waals surface area contributed by atoms with Crippen molar-refractivity contribution in [3.8, 4) is 0 Å². The molecule has 0 aromatic rings. The van der Waals surface area contributed by atoms with Crippen LogP contribution in [0.5, 0.6) is 0 Å². The van der Waals surface area contributed by atoms with Gasteiger partial charge in [0.15, 0.2) is 0 Å². The molecule has 3 atom stereocenters. The summed E-state index contributed by atoms with van der Waals surface area (Å²) < 4.78 is 5.21. The van der Waals surface area contributed by atoms with E-state index in [1.807, 2.05) is 6.92 Å². The molecule has 2 aliphatic rings. The van der Waals surface area contributed by atoms with E-state index < -0.39 is 0 Å². The number of nitrogens with one attached hydrogen (secondary N) is 1. The molecule has 0 aromatic carbocycles. The average molecular weight is 223 g/mol. The third-order valence-electron chi connectivity index (χ3n) is 3.74. The Morgan fingerprint density at radius 1 is 1.31 bits per heavy atom. The predicted octanol–water partition coefficient (Wildman–Crippen LogP) is 2.72. The summed E-state index contributed by atoms with van der Waals surface area (Å²) in [6.45, 7) is 3.15. The summed E-state index contributed by atoms with van der Waals surface area (Å²) in [7, 11) is 0. The van der Waals surface area contributed by atoms with Gasteiger partial charge in [-0.25, -0.2) is 4.79 Å². The van der Waals surface area contributed by atoms with Gasteiger partial charge in [0.25, 0.3) is 0 Å². The van der Waals surface area contributed by atoms with Gasteiger partial charge >= 0.3 is 6.09 Å². The SMILES string of the molecule is CCNC(=O)OCC1[C@H]2CC/C=C/CC[C@@H]12. The van der Waals surface area contributed by atoms with Crippen molar-refractivity contribution in [2.45, 2.75) is 32.6 Å². The second-order valence-corrected chi connectivity index (χ2v) is 4.75. The van der Waals surface area contributed by atoms with Gasteiger partial charge in [-0.2, -0.15) is 0 Å². The van der Waals surface area contributed by atoms with Crippen molar-refractivity contribution < 1.29 is 9.53 Å². The van der Waals surface area contributed by atoms with Crippen LogP contribution in [-0.2, 0) is 4.74 Å². The number of carbonyl (C=O) groups excluding carboxylic acids is 1. The van der Waals surface area contributed by atoms with Gasteiger partial charge in [0.2, 0.25) is 0 Å². The van der Waals surface area contributed by atoms with E-state index in [0.717, 1.165) is 11.8 Å². The highest BCUT2D eigenvalue weighted by atomic mass is 16.5. The van der Waals surface area contributed by atoms with Crippen molar-refractivity contribution in [2.24, 2.45) is 17.8 Å². The van der Waals surface area contributed by atoms with Crippen molar-refractivity contribution in [1.29, 1.82) is 0 Å². The summed E-state index contributed by atoms with van der Waals surface area (Å²) in [4.78, 5) is 11.2. The minimum absolute atomic E-state index is 0.264. The van der Waals surface area contributed by atoms with E-state index >= 15 is 0 Å². The molecule has 1 fully saturated rings. The Hall–Kier alpha value is -0.990. The van der Waals surface area contributed by atoms with Crippen LogP contribution in [0.4, 0.5) is 4.79 Å². The third-order valence-corrected chi connectivity index (χ3v) is 3.74. The number of amides is 1. The number of alkyl carbamates (subject to hydrolysis) is 1. The zero-order valence-electron chi connectivity index (χ0n) is 9.95. The van der Waals surface area contributed by atoms with E-state index in [1.54, 1.807) is 0 Å². The van der Waals surface area contributed by atoms with Gasteiger partial charge in [-0.15, -0.1) is 0 Å². The fourth-order valence-electron chi connectivity index (χ4n) is 2.81. The van der Waals surface area contributed by atoms with Crippen LogP contribution in [0, 0.1) is 17.8 Å². The molecular formula is C13H21NO2. The Morgan fingerprint density at radius 2 is 1.94 bits per heavy atom. The van der Waals surface area contributed by atoms with Gasteiger partial charge in [-0.05, 0) is 50.4 Å². The lowest BCUT2D eigenvalue weighted by atomic mass is 10.1. The number of allylic oxidation sites excluding steroid dienone is 2. The van der Waals surface area contributed by atoms with E-state index in [4.69, 9.17) is 4.74 Å². The molecule has 0 bridgehead atoms. The second kappa shape index (κ2) is 5.37. The molecule has 0 saturated heterocycles. The van der Waals surface area contributed by atoms with Crippen LogP contribution in [0.25, 0.3) is 0 Å². The van der Waals surface area contributed by atoms with Crippen LogP contribution in [-0.4, -0.2) is 19.2 Å². The molecule has 1 N–H and O–H groups in total. The van der Waals surface area contributed by atoms with Crippen LogP contribution in [0.2, 0.25) is 0 Å². The minimum atomic E-state index is -0.264. The van der Waals surface area contributed by atoms with Crippen LogP contribution in [0.1, 0.15) is 32.6 Å². The van der Waals surface area contributed by atoms with Crippen molar-refractivity contribution in [3.63, 3.8) is 0 Å². The first-order chi connectivity index (χ1) is 7.83. The molecule has 3 heteroatoms. The number of rotatable bonds is 3. The maximum Gasteiger partial charge on any atom is 0.407 e. The highest BCUT2D eigenvalue weighted by Gasteiger charge is 2.49. The van der Waals surface area contributed by atoms with Gasteiger partial charge in [-0.3, -0.25) is 0 Å². The number of fused-ring (bicyclic) bond motifs is 1. The monoisotopic (exact) mass is 223 g/mol. The molecule has 90 valence electrons. The number of hydrogen-bond acceptors (Lipinski definition) is 2. The van der Waals surface area contributed by atoms with Gasteiger partial charge in [0.1, 0.15) is 0 Å². The topological polar surface area (TPSA) is 38.3 Å². The molecule has 1 amide bonds. The lowest BCUT2D eigenvalue weighted by molar-refractivity contribution is 0.138. The zero-order valence-corrected chi connectivity index (χ0v) is 9.95.